The maximum Gasteiger partial charge on any atom is 0.419 e. The number of methoxy groups -OCH3 is 1. The van der Waals surface area contributed by atoms with Gasteiger partial charge in [-0.25, -0.2) is 15.0 Å². The lowest BCUT2D eigenvalue weighted by Gasteiger charge is -2.32. The number of hydrogen-bond donors (Lipinski definition) is 1. The molecule has 1 saturated carbocycles. The van der Waals surface area contributed by atoms with Crippen LogP contribution in [0.4, 0.5) is 19.1 Å². The topological polar surface area (TPSA) is 76.5 Å². The van der Waals surface area contributed by atoms with E-state index in [1.807, 2.05) is 6.92 Å². The minimum Gasteiger partial charge on any atom is -0.495 e. The molecule has 33 heavy (non-hydrogen) atoms. The molecule has 1 amide bonds. The van der Waals surface area contributed by atoms with Gasteiger partial charge in [-0.1, -0.05) is 46.0 Å². The van der Waals surface area contributed by atoms with Crippen LogP contribution in [0.15, 0.2) is 23.0 Å². The largest absolute Gasteiger partial charge is 0.495 e. The second-order valence-electron chi connectivity index (χ2n) is 8.97. The lowest BCUT2D eigenvalue weighted by Crippen LogP contribution is -2.24. The second-order valence-corrected chi connectivity index (χ2v) is 8.97. The summed E-state index contributed by atoms with van der Waals surface area (Å²) in [6, 6.07) is -0.311. The Bertz CT molecular complexity index is 849. The first-order chi connectivity index (χ1) is 15.6. The molecule has 1 aromatic heterocycles. The number of nitrogens with one attached hydrogen (secondary N) is 1. The van der Waals surface area contributed by atoms with Gasteiger partial charge in [0.15, 0.2) is 0 Å². The number of nitrogens with zero attached hydrogens (tertiary/aromatic N) is 3. The molecule has 1 heterocycles. The number of carbonyl (C=O) groups is 1. The Kier molecular flexibility index (Phi) is 9.86. The lowest BCUT2D eigenvalue weighted by molar-refractivity contribution is -0.138. The highest BCUT2D eigenvalue weighted by Crippen LogP contribution is 2.37. The first kappa shape index (κ1) is 26.8. The van der Waals surface area contributed by atoms with Crippen molar-refractivity contribution >= 4 is 18.1 Å². The van der Waals surface area contributed by atoms with Crippen molar-refractivity contribution in [1.29, 1.82) is 0 Å². The van der Waals surface area contributed by atoms with Gasteiger partial charge < -0.3 is 10.1 Å². The number of rotatable bonds is 10. The van der Waals surface area contributed by atoms with E-state index in [4.69, 9.17) is 4.74 Å². The Morgan fingerprint density at radius 2 is 1.94 bits per heavy atom. The summed E-state index contributed by atoms with van der Waals surface area (Å²) in [4.78, 5) is 22.9. The lowest BCUT2D eigenvalue weighted by atomic mass is 9.74. The van der Waals surface area contributed by atoms with Crippen molar-refractivity contribution in [2.45, 2.75) is 78.4 Å². The van der Waals surface area contributed by atoms with E-state index in [9.17, 15) is 18.0 Å². The van der Waals surface area contributed by atoms with Crippen LogP contribution in [0.5, 0.6) is 0 Å². The number of hydrogen-bond acceptors (Lipinski definition) is 5. The Labute approximate surface area is 194 Å². The number of carbonyl (C=O) groups excluding carboxylic acids is 1. The molecule has 6 nitrogen and oxygen atoms in total. The SMILES string of the molecule is CO/C(=C/C(C)NC=O)C(C)=Nc1ncc(C(F)(F)F)c(CC(C)C(C)C2CCCCC2)n1. The van der Waals surface area contributed by atoms with Crippen LogP contribution in [0.3, 0.4) is 0 Å². The van der Waals surface area contributed by atoms with Gasteiger partial charge in [-0.3, -0.25) is 4.79 Å². The van der Waals surface area contributed by atoms with E-state index in [-0.39, 0.29) is 30.0 Å². The molecule has 3 unspecified atom stereocenters. The fourth-order valence-corrected chi connectivity index (χ4v) is 4.39. The van der Waals surface area contributed by atoms with Crippen LogP contribution in [-0.2, 0) is 22.1 Å². The van der Waals surface area contributed by atoms with Gasteiger partial charge in [-0.15, -0.1) is 0 Å². The smallest absolute Gasteiger partial charge is 0.419 e. The van der Waals surface area contributed by atoms with Crippen LogP contribution in [0.25, 0.3) is 0 Å². The molecular weight excluding hydrogens is 433 g/mol. The van der Waals surface area contributed by atoms with Crippen LogP contribution in [0, 0.1) is 17.8 Å². The minimum absolute atomic E-state index is 0.0295. The number of aromatic nitrogens is 2. The fourth-order valence-electron chi connectivity index (χ4n) is 4.39. The van der Waals surface area contributed by atoms with Gasteiger partial charge in [0, 0.05) is 12.2 Å². The average Bonchev–Trinajstić information content (AvgIpc) is 2.77. The second kappa shape index (κ2) is 12.1. The van der Waals surface area contributed by atoms with Gasteiger partial charge >= 0.3 is 6.18 Å². The first-order valence-corrected chi connectivity index (χ1v) is 11.5. The van der Waals surface area contributed by atoms with Gasteiger partial charge in [0.25, 0.3) is 0 Å². The van der Waals surface area contributed by atoms with Crippen molar-refractivity contribution in [3.05, 3.63) is 29.3 Å². The molecule has 0 spiro atoms. The summed E-state index contributed by atoms with van der Waals surface area (Å²) in [5.74, 6) is 1.23. The fraction of sp³-hybridized carbons (Fsp3) is 0.667. The minimum atomic E-state index is -4.53. The van der Waals surface area contributed by atoms with Crippen molar-refractivity contribution in [3.8, 4) is 0 Å². The maximum atomic E-state index is 13.7. The monoisotopic (exact) mass is 468 g/mol. The predicted octanol–water partition coefficient (Wildman–Crippen LogP) is 5.65. The zero-order valence-corrected chi connectivity index (χ0v) is 20.1. The first-order valence-electron chi connectivity index (χ1n) is 11.5. The van der Waals surface area contributed by atoms with Gasteiger partial charge in [0.2, 0.25) is 12.4 Å². The Hall–Kier alpha value is -2.45. The van der Waals surface area contributed by atoms with Crippen molar-refractivity contribution in [1.82, 2.24) is 15.3 Å². The summed E-state index contributed by atoms with van der Waals surface area (Å²) in [6.07, 6.45) is 4.61. The number of aliphatic imine (C=N–C) groups is 1. The Morgan fingerprint density at radius 3 is 2.52 bits per heavy atom. The normalized spacial score (nSPS) is 19.0. The van der Waals surface area contributed by atoms with E-state index >= 15 is 0 Å². The van der Waals surface area contributed by atoms with Crippen molar-refractivity contribution in [2.75, 3.05) is 7.11 Å². The predicted molar refractivity (Wildman–Crippen MR) is 122 cm³/mol. The molecule has 1 aliphatic rings. The summed E-state index contributed by atoms with van der Waals surface area (Å²) in [6.45, 7) is 7.55. The Balaban J connectivity index is 2.32. The van der Waals surface area contributed by atoms with Crippen molar-refractivity contribution in [3.63, 3.8) is 0 Å². The van der Waals surface area contributed by atoms with E-state index in [0.717, 1.165) is 19.0 Å². The van der Waals surface area contributed by atoms with E-state index in [1.54, 1.807) is 19.9 Å². The third-order valence-electron chi connectivity index (χ3n) is 6.54. The molecule has 1 aliphatic carbocycles. The number of ether oxygens (including phenoxy) is 1. The highest BCUT2D eigenvalue weighted by molar-refractivity contribution is 5.97. The third kappa shape index (κ3) is 7.82. The highest BCUT2D eigenvalue weighted by Gasteiger charge is 2.36. The van der Waals surface area contributed by atoms with Crippen LogP contribution in [-0.4, -0.2) is 35.2 Å². The number of halogens is 3. The summed E-state index contributed by atoms with van der Waals surface area (Å²) >= 11 is 0. The third-order valence-corrected chi connectivity index (χ3v) is 6.54. The van der Waals surface area contributed by atoms with Crippen molar-refractivity contribution < 1.29 is 22.7 Å². The van der Waals surface area contributed by atoms with Crippen LogP contribution >= 0.6 is 0 Å². The summed E-state index contributed by atoms with van der Waals surface area (Å²) in [5.41, 5.74) is -0.447. The van der Waals surface area contributed by atoms with E-state index in [2.05, 4.69) is 27.2 Å². The average molecular weight is 469 g/mol. The molecule has 0 aromatic carbocycles. The Morgan fingerprint density at radius 1 is 1.27 bits per heavy atom. The molecule has 0 saturated heterocycles. The van der Waals surface area contributed by atoms with Gasteiger partial charge in [-0.05, 0) is 44.1 Å². The van der Waals surface area contributed by atoms with E-state index in [0.29, 0.717) is 29.7 Å². The molecule has 0 bridgehead atoms. The quantitative estimate of drug-likeness (QED) is 0.274. The molecule has 1 aromatic rings. The molecule has 1 fully saturated rings. The molecule has 184 valence electrons. The molecular formula is C24H35F3N4O2. The zero-order valence-electron chi connectivity index (χ0n) is 20.1. The standard InChI is InChI=1S/C24H35F3N4O2/c1-15(17(3)19-9-7-6-8-10-19)11-21-20(24(25,26)27)13-28-23(31-21)30-18(4)22(33-5)12-16(2)29-14-32/h12-17,19H,6-11H2,1-5H3,(H,29,32)/b22-12+,30-18?. The zero-order chi connectivity index (χ0) is 24.6. The summed E-state index contributed by atoms with van der Waals surface area (Å²) in [7, 11) is 1.45. The van der Waals surface area contributed by atoms with Crippen LogP contribution < -0.4 is 5.32 Å². The molecule has 3 atom stereocenters. The summed E-state index contributed by atoms with van der Waals surface area (Å²) in [5, 5.41) is 2.57. The summed E-state index contributed by atoms with van der Waals surface area (Å²) < 4.78 is 46.3. The number of alkyl halides is 3. The van der Waals surface area contributed by atoms with Crippen molar-refractivity contribution in [2.24, 2.45) is 22.7 Å². The van der Waals surface area contributed by atoms with E-state index in [1.165, 1.54) is 26.4 Å². The van der Waals surface area contributed by atoms with Gasteiger partial charge in [-0.2, -0.15) is 13.2 Å². The van der Waals surface area contributed by atoms with Gasteiger partial charge in [0.05, 0.1) is 24.1 Å². The number of amides is 1. The van der Waals surface area contributed by atoms with Gasteiger partial charge in [0.1, 0.15) is 5.76 Å². The molecule has 9 heteroatoms. The molecule has 2 rings (SSSR count). The highest BCUT2D eigenvalue weighted by atomic mass is 19.4. The van der Waals surface area contributed by atoms with Crippen LogP contribution in [0.2, 0.25) is 0 Å². The molecule has 0 radical (unpaired) electrons. The van der Waals surface area contributed by atoms with Crippen LogP contribution in [0.1, 0.15) is 71.1 Å². The molecule has 1 N–H and O–H groups in total. The number of allylic oxidation sites excluding steroid dienone is 1. The maximum absolute atomic E-state index is 13.7. The van der Waals surface area contributed by atoms with E-state index < -0.39 is 11.7 Å². The molecule has 0 aliphatic heterocycles.